The molecule has 0 radical (unpaired) electrons. The summed E-state index contributed by atoms with van der Waals surface area (Å²) in [6.07, 6.45) is 2.17. The quantitative estimate of drug-likeness (QED) is 0.668. The van der Waals surface area contributed by atoms with E-state index in [1.54, 1.807) is 4.90 Å². The molecular weight excluding hydrogens is 218 g/mol. The molecule has 5 heteroatoms. The Labute approximate surface area is 104 Å². The van der Waals surface area contributed by atoms with Crippen molar-refractivity contribution in [2.45, 2.75) is 31.8 Å². The molecule has 1 saturated heterocycles. The maximum absolute atomic E-state index is 11.8. The first-order valence-corrected chi connectivity index (χ1v) is 6.33. The summed E-state index contributed by atoms with van der Waals surface area (Å²) in [5.41, 5.74) is 4.83. The van der Waals surface area contributed by atoms with Crippen LogP contribution in [0.15, 0.2) is 0 Å². The van der Waals surface area contributed by atoms with E-state index in [1.165, 1.54) is 0 Å². The van der Waals surface area contributed by atoms with Gasteiger partial charge in [-0.2, -0.15) is 0 Å². The van der Waals surface area contributed by atoms with Gasteiger partial charge in [0.15, 0.2) is 0 Å². The monoisotopic (exact) mass is 243 g/mol. The third kappa shape index (κ3) is 5.02. The molecular formula is C12H25N3O2. The summed E-state index contributed by atoms with van der Waals surface area (Å²) < 4.78 is 0. The highest BCUT2D eigenvalue weighted by Gasteiger charge is 2.31. The molecule has 0 spiro atoms. The SMILES string of the molecule is CN(CCCN)C(=O)CCN1CCC(C)(O)C1. The van der Waals surface area contributed by atoms with E-state index >= 15 is 0 Å². The zero-order valence-corrected chi connectivity index (χ0v) is 11.0. The van der Waals surface area contributed by atoms with Crippen LogP contribution in [0.1, 0.15) is 26.2 Å². The zero-order chi connectivity index (χ0) is 12.9. The van der Waals surface area contributed by atoms with Gasteiger partial charge in [-0.15, -0.1) is 0 Å². The van der Waals surface area contributed by atoms with Crippen LogP contribution in [-0.2, 0) is 4.79 Å². The van der Waals surface area contributed by atoms with Gasteiger partial charge in [-0.25, -0.2) is 0 Å². The molecule has 1 amide bonds. The lowest BCUT2D eigenvalue weighted by molar-refractivity contribution is -0.130. The number of carbonyl (C=O) groups excluding carboxylic acids is 1. The van der Waals surface area contributed by atoms with Crippen molar-refractivity contribution < 1.29 is 9.90 Å². The number of hydrogen-bond acceptors (Lipinski definition) is 4. The van der Waals surface area contributed by atoms with Crippen LogP contribution < -0.4 is 5.73 Å². The lowest BCUT2D eigenvalue weighted by Gasteiger charge is -2.21. The number of β-amino-alcohol motifs (C(OH)–C–C–N with tert-alkyl or cyclic N) is 1. The second-order valence-electron chi connectivity index (χ2n) is 5.23. The fourth-order valence-electron chi connectivity index (χ4n) is 2.13. The van der Waals surface area contributed by atoms with Crippen LogP contribution in [0.5, 0.6) is 0 Å². The smallest absolute Gasteiger partial charge is 0.223 e. The number of nitrogens with zero attached hydrogens (tertiary/aromatic N) is 2. The molecule has 0 aromatic carbocycles. The summed E-state index contributed by atoms with van der Waals surface area (Å²) in [6, 6.07) is 0. The molecule has 1 aliphatic heterocycles. The fraction of sp³-hybridized carbons (Fsp3) is 0.917. The first kappa shape index (κ1) is 14.4. The van der Waals surface area contributed by atoms with E-state index in [0.717, 1.165) is 32.5 Å². The molecule has 0 aromatic rings. The molecule has 1 atom stereocenters. The Morgan fingerprint density at radius 1 is 1.59 bits per heavy atom. The number of hydrogen-bond donors (Lipinski definition) is 2. The molecule has 3 N–H and O–H groups in total. The normalized spacial score (nSPS) is 25.2. The van der Waals surface area contributed by atoms with Crippen LogP contribution in [0, 0.1) is 0 Å². The Hall–Kier alpha value is -0.650. The largest absolute Gasteiger partial charge is 0.389 e. The van der Waals surface area contributed by atoms with Crippen molar-refractivity contribution in [3.63, 3.8) is 0 Å². The third-order valence-corrected chi connectivity index (χ3v) is 3.30. The molecule has 1 aliphatic rings. The van der Waals surface area contributed by atoms with Crippen molar-refractivity contribution in [2.24, 2.45) is 5.73 Å². The second kappa shape index (κ2) is 6.33. The summed E-state index contributed by atoms with van der Waals surface area (Å²) in [5, 5.41) is 9.80. The van der Waals surface area contributed by atoms with Gasteiger partial charge in [0, 0.05) is 39.6 Å². The van der Waals surface area contributed by atoms with Crippen molar-refractivity contribution in [2.75, 3.05) is 39.8 Å². The number of likely N-dealkylation sites (tertiary alicyclic amines) is 1. The predicted molar refractivity (Wildman–Crippen MR) is 67.6 cm³/mol. The van der Waals surface area contributed by atoms with Crippen LogP contribution in [0.3, 0.4) is 0 Å². The standard InChI is InChI=1S/C12H25N3O2/c1-12(17)5-9-15(10-12)8-4-11(16)14(2)7-3-6-13/h17H,3-10,13H2,1-2H3. The molecule has 5 nitrogen and oxygen atoms in total. The van der Waals surface area contributed by atoms with Gasteiger partial charge in [0.05, 0.1) is 5.60 Å². The van der Waals surface area contributed by atoms with Crippen molar-refractivity contribution in [3.05, 3.63) is 0 Å². The Kier molecular flexibility index (Phi) is 5.36. The Balaban J connectivity index is 2.20. The zero-order valence-electron chi connectivity index (χ0n) is 11.0. The first-order chi connectivity index (χ1) is 7.94. The predicted octanol–water partition coefficient (Wildman–Crippen LogP) is -0.360. The molecule has 0 saturated carbocycles. The number of nitrogens with two attached hydrogens (primary N) is 1. The second-order valence-corrected chi connectivity index (χ2v) is 5.23. The van der Waals surface area contributed by atoms with Crippen molar-refractivity contribution in [3.8, 4) is 0 Å². The molecule has 0 aromatic heterocycles. The minimum absolute atomic E-state index is 0.157. The van der Waals surface area contributed by atoms with Crippen LogP contribution >= 0.6 is 0 Å². The summed E-state index contributed by atoms with van der Waals surface area (Å²) in [5.74, 6) is 0.157. The highest BCUT2D eigenvalue weighted by atomic mass is 16.3. The van der Waals surface area contributed by atoms with Crippen LogP contribution in [0.4, 0.5) is 0 Å². The van der Waals surface area contributed by atoms with E-state index in [1.807, 2.05) is 14.0 Å². The summed E-state index contributed by atoms with van der Waals surface area (Å²) in [4.78, 5) is 15.6. The number of aliphatic hydroxyl groups is 1. The van der Waals surface area contributed by atoms with Gasteiger partial charge in [-0.05, 0) is 26.3 Å². The Bertz CT molecular complexity index is 256. The fourth-order valence-corrected chi connectivity index (χ4v) is 2.13. The van der Waals surface area contributed by atoms with E-state index < -0.39 is 5.60 Å². The van der Waals surface area contributed by atoms with Gasteiger partial charge in [0.2, 0.25) is 5.91 Å². The maximum atomic E-state index is 11.8. The minimum Gasteiger partial charge on any atom is -0.389 e. The molecule has 0 bridgehead atoms. The van der Waals surface area contributed by atoms with E-state index in [2.05, 4.69) is 4.90 Å². The highest BCUT2D eigenvalue weighted by molar-refractivity contribution is 5.76. The first-order valence-electron chi connectivity index (χ1n) is 6.33. The summed E-state index contributed by atoms with van der Waals surface area (Å²) in [6.45, 7) is 5.49. The van der Waals surface area contributed by atoms with E-state index in [-0.39, 0.29) is 5.91 Å². The van der Waals surface area contributed by atoms with Crippen molar-refractivity contribution in [1.82, 2.24) is 9.80 Å². The Morgan fingerprint density at radius 2 is 2.29 bits per heavy atom. The van der Waals surface area contributed by atoms with Crippen LogP contribution in [0.25, 0.3) is 0 Å². The number of carbonyl (C=O) groups is 1. The molecule has 100 valence electrons. The molecule has 17 heavy (non-hydrogen) atoms. The molecule has 1 rings (SSSR count). The minimum atomic E-state index is -0.575. The van der Waals surface area contributed by atoms with Gasteiger partial charge >= 0.3 is 0 Å². The summed E-state index contributed by atoms with van der Waals surface area (Å²) in [7, 11) is 1.82. The van der Waals surface area contributed by atoms with Crippen molar-refractivity contribution in [1.29, 1.82) is 0 Å². The van der Waals surface area contributed by atoms with Crippen LogP contribution in [-0.4, -0.2) is 66.2 Å². The molecule has 1 fully saturated rings. The van der Waals surface area contributed by atoms with E-state index in [9.17, 15) is 9.90 Å². The highest BCUT2D eigenvalue weighted by Crippen LogP contribution is 2.20. The lowest BCUT2D eigenvalue weighted by Crippen LogP contribution is -2.34. The maximum Gasteiger partial charge on any atom is 0.223 e. The van der Waals surface area contributed by atoms with Crippen molar-refractivity contribution >= 4 is 5.91 Å². The van der Waals surface area contributed by atoms with Crippen LogP contribution in [0.2, 0.25) is 0 Å². The van der Waals surface area contributed by atoms with Gasteiger partial charge in [0.1, 0.15) is 0 Å². The average molecular weight is 243 g/mol. The Morgan fingerprint density at radius 3 is 2.82 bits per heavy atom. The van der Waals surface area contributed by atoms with Gasteiger partial charge in [0.25, 0.3) is 0 Å². The van der Waals surface area contributed by atoms with Gasteiger partial charge < -0.3 is 15.7 Å². The van der Waals surface area contributed by atoms with Gasteiger partial charge in [-0.1, -0.05) is 0 Å². The topological polar surface area (TPSA) is 69.8 Å². The molecule has 0 aliphatic carbocycles. The molecule has 1 unspecified atom stereocenters. The third-order valence-electron chi connectivity index (χ3n) is 3.30. The molecule has 1 heterocycles. The van der Waals surface area contributed by atoms with Gasteiger partial charge in [-0.3, -0.25) is 9.69 Å². The lowest BCUT2D eigenvalue weighted by atomic mass is 10.1. The summed E-state index contributed by atoms with van der Waals surface area (Å²) >= 11 is 0. The number of amides is 1. The number of rotatable bonds is 6. The van der Waals surface area contributed by atoms with E-state index in [0.29, 0.717) is 19.5 Å². The average Bonchev–Trinajstić information content (AvgIpc) is 2.62. The van der Waals surface area contributed by atoms with E-state index in [4.69, 9.17) is 5.73 Å².